The Kier molecular flexibility index (Phi) is 5.90. The van der Waals surface area contributed by atoms with E-state index in [0.717, 1.165) is 17.3 Å². The lowest BCUT2D eigenvalue weighted by atomic mass is 10.0. The van der Waals surface area contributed by atoms with Crippen LogP contribution in [0.25, 0.3) is 22.6 Å². The summed E-state index contributed by atoms with van der Waals surface area (Å²) in [4.78, 5) is 26.1. The summed E-state index contributed by atoms with van der Waals surface area (Å²) >= 11 is 0. The van der Waals surface area contributed by atoms with Crippen molar-refractivity contribution in [2.45, 2.75) is 24.8 Å². The fraction of sp³-hybridized carbons (Fsp3) is 0.208. The summed E-state index contributed by atoms with van der Waals surface area (Å²) in [5.41, 5.74) is 2.96. The van der Waals surface area contributed by atoms with Gasteiger partial charge in [0.25, 0.3) is 0 Å². The Balaban J connectivity index is 1.79. The Labute approximate surface area is 192 Å². The maximum atomic E-state index is 12.0. The molecule has 0 aliphatic rings. The molecule has 33 heavy (non-hydrogen) atoms. The predicted octanol–water partition coefficient (Wildman–Crippen LogP) is 4.36. The third-order valence-corrected chi connectivity index (χ3v) is 6.66. The van der Waals surface area contributed by atoms with Crippen LogP contribution in [0, 0.1) is 0 Å². The minimum absolute atomic E-state index is 0.0789. The molecule has 4 rings (SSSR count). The number of nitrogens with one attached hydrogen (secondary N) is 1. The predicted molar refractivity (Wildman–Crippen MR) is 126 cm³/mol. The van der Waals surface area contributed by atoms with Crippen LogP contribution < -0.4 is 4.74 Å². The molecule has 0 aliphatic carbocycles. The number of rotatable bonds is 6. The van der Waals surface area contributed by atoms with Crippen molar-refractivity contribution in [2.75, 3.05) is 13.3 Å². The Bertz CT molecular complexity index is 1410. The van der Waals surface area contributed by atoms with Crippen molar-refractivity contribution in [3.8, 4) is 23.0 Å². The van der Waals surface area contributed by atoms with Crippen molar-refractivity contribution >= 4 is 26.8 Å². The number of ether oxygens (including phenoxy) is 1. The minimum Gasteiger partial charge on any atom is -0.457 e. The van der Waals surface area contributed by atoms with Crippen LogP contribution in [0.4, 0.5) is 0 Å². The number of aromatic nitrogens is 3. The molecule has 0 bridgehead atoms. The molecule has 8 nitrogen and oxygen atoms in total. The van der Waals surface area contributed by atoms with Crippen LogP contribution in [0.15, 0.2) is 65.7 Å². The zero-order valence-corrected chi connectivity index (χ0v) is 19.6. The Hall–Kier alpha value is -3.72. The van der Waals surface area contributed by atoms with E-state index < -0.39 is 9.84 Å². The van der Waals surface area contributed by atoms with E-state index in [1.165, 1.54) is 19.1 Å². The molecule has 4 aromatic rings. The van der Waals surface area contributed by atoms with Crippen molar-refractivity contribution < 1.29 is 17.9 Å². The zero-order valence-electron chi connectivity index (χ0n) is 18.7. The number of sulfone groups is 1. The molecule has 0 saturated carbocycles. The molecule has 1 unspecified atom stereocenters. The van der Waals surface area contributed by atoms with Gasteiger partial charge in [-0.2, -0.15) is 0 Å². The summed E-state index contributed by atoms with van der Waals surface area (Å²) in [7, 11) is -1.58. The van der Waals surface area contributed by atoms with Gasteiger partial charge in [-0.1, -0.05) is 6.07 Å². The van der Waals surface area contributed by atoms with E-state index in [-0.39, 0.29) is 16.8 Å². The first-order valence-electron chi connectivity index (χ1n) is 10.3. The SMILES string of the molecule is CC(=O)N(C)C(C)c1cc2[nH]c(-c3ccccn3)nc2cc1Oc1ccc(S(C)(=O)=O)cc1. The molecule has 1 N–H and O–H groups in total. The highest BCUT2D eigenvalue weighted by Gasteiger charge is 2.21. The largest absolute Gasteiger partial charge is 0.457 e. The molecule has 2 aromatic heterocycles. The number of carbonyl (C=O) groups excluding carboxylic acids is 1. The van der Waals surface area contributed by atoms with Crippen LogP contribution in [0.5, 0.6) is 11.5 Å². The molecule has 2 aromatic carbocycles. The molecule has 170 valence electrons. The van der Waals surface area contributed by atoms with E-state index in [0.29, 0.717) is 28.5 Å². The third kappa shape index (κ3) is 4.73. The van der Waals surface area contributed by atoms with Crippen molar-refractivity contribution in [2.24, 2.45) is 0 Å². The number of hydrogen-bond donors (Lipinski definition) is 1. The Morgan fingerprint density at radius 1 is 1.12 bits per heavy atom. The van der Waals surface area contributed by atoms with Gasteiger partial charge in [0, 0.05) is 38.1 Å². The van der Waals surface area contributed by atoms with Crippen LogP contribution in [0.1, 0.15) is 25.5 Å². The average molecular weight is 465 g/mol. The number of amides is 1. The maximum Gasteiger partial charge on any atom is 0.219 e. The minimum atomic E-state index is -3.31. The van der Waals surface area contributed by atoms with Gasteiger partial charge in [0.15, 0.2) is 15.7 Å². The van der Waals surface area contributed by atoms with Crippen LogP contribution in [-0.4, -0.2) is 47.5 Å². The second-order valence-corrected chi connectivity index (χ2v) is 9.87. The highest BCUT2D eigenvalue weighted by molar-refractivity contribution is 7.90. The van der Waals surface area contributed by atoms with Crippen LogP contribution in [0.3, 0.4) is 0 Å². The van der Waals surface area contributed by atoms with Gasteiger partial charge in [-0.05, 0) is 49.4 Å². The topological polar surface area (TPSA) is 105 Å². The lowest BCUT2D eigenvalue weighted by Crippen LogP contribution is -2.27. The number of benzene rings is 2. The van der Waals surface area contributed by atoms with Gasteiger partial charge in [-0.3, -0.25) is 9.78 Å². The molecule has 2 heterocycles. The monoisotopic (exact) mass is 464 g/mol. The van der Waals surface area contributed by atoms with Gasteiger partial charge in [0.2, 0.25) is 5.91 Å². The molecule has 1 atom stereocenters. The fourth-order valence-electron chi connectivity index (χ4n) is 3.46. The highest BCUT2D eigenvalue weighted by Crippen LogP contribution is 2.36. The fourth-order valence-corrected chi connectivity index (χ4v) is 4.09. The molecule has 0 spiro atoms. The highest BCUT2D eigenvalue weighted by atomic mass is 32.2. The summed E-state index contributed by atoms with van der Waals surface area (Å²) in [5, 5.41) is 0. The second kappa shape index (κ2) is 8.67. The average Bonchev–Trinajstić information content (AvgIpc) is 3.21. The second-order valence-electron chi connectivity index (χ2n) is 7.86. The van der Waals surface area contributed by atoms with Crippen LogP contribution >= 0.6 is 0 Å². The lowest BCUT2D eigenvalue weighted by Gasteiger charge is -2.25. The lowest BCUT2D eigenvalue weighted by molar-refractivity contribution is -0.129. The molecular weight excluding hydrogens is 440 g/mol. The van der Waals surface area contributed by atoms with E-state index >= 15 is 0 Å². The van der Waals surface area contributed by atoms with Gasteiger partial charge < -0.3 is 14.6 Å². The number of imidazole rings is 1. The molecule has 0 fully saturated rings. The Morgan fingerprint density at radius 3 is 2.45 bits per heavy atom. The number of pyridine rings is 1. The Morgan fingerprint density at radius 2 is 1.85 bits per heavy atom. The normalized spacial score (nSPS) is 12.5. The number of hydrogen-bond acceptors (Lipinski definition) is 6. The quantitative estimate of drug-likeness (QED) is 0.455. The summed E-state index contributed by atoms with van der Waals surface area (Å²) in [6.07, 6.45) is 2.86. The number of carbonyl (C=O) groups is 1. The molecule has 0 saturated heterocycles. The number of aromatic amines is 1. The van der Waals surface area contributed by atoms with Gasteiger partial charge in [0.05, 0.1) is 22.0 Å². The van der Waals surface area contributed by atoms with Crippen molar-refractivity contribution in [3.63, 3.8) is 0 Å². The molecule has 1 amide bonds. The van der Waals surface area contributed by atoms with Crippen molar-refractivity contribution in [3.05, 3.63) is 66.4 Å². The summed E-state index contributed by atoms with van der Waals surface area (Å²) in [6, 6.07) is 15.3. The van der Waals surface area contributed by atoms with Crippen molar-refractivity contribution in [1.82, 2.24) is 19.9 Å². The van der Waals surface area contributed by atoms with E-state index in [9.17, 15) is 13.2 Å². The number of nitrogens with zero attached hydrogens (tertiary/aromatic N) is 3. The first kappa shape index (κ1) is 22.5. The number of H-pyrrole nitrogens is 1. The first-order chi connectivity index (χ1) is 15.6. The standard InChI is InChI=1S/C24H24N4O4S/c1-15(28(3)16(2)29)19-13-21-22(27-24(26-21)20-7-5-6-12-25-20)14-23(19)32-17-8-10-18(11-9-17)33(4,30)31/h5-15H,1-4H3,(H,26,27). The molecule has 9 heteroatoms. The maximum absolute atomic E-state index is 12.0. The molecule has 0 aliphatic heterocycles. The van der Waals surface area contributed by atoms with Gasteiger partial charge in [-0.15, -0.1) is 0 Å². The number of fused-ring (bicyclic) bond motifs is 1. The van der Waals surface area contributed by atoms with E-state index in [2.05, 4.69) is 15.0 Å². The first-order valence-corrected chi connectivity index (χ1v) is 12.2. The van der Waals surface area contributed by atoms with Gasteiger partial charge in [-0.25, -0.2) is 13.4 Å². The smallest absolute Gasteiger partial charge is 0.219 e. The van der Waals surface area contributed by atoms with Crippen LogP contribution in [-0.2, 0) is 14.6 Å². The zero-order chi connectivity index (χ0) is 23.8. The van der Waals surface area contributed by atoms with E-state index in [1.807, 2.05) is 37.3 Å². The summed E-state index contributed by atoms with van der Waals surface area (Å²) < 4.78 is 29.7. The summed E-state index contributed by atoms with van der Waals surface area (Å²) in [5.74, 6) is 1.54. The molecule has 0 radical (unpaired) electrons. The van der Waals surface area contributed by atoms with Crippen LogP contribution in [0.2, 0.25) is 0 Å². The molecular formula is C24H24N4O4S. The third-order valence-electron chi connectivity index (χ3n) is 5.53. The van der Waals surface area contributed by atoms with Crippen molar-refractivity contribution in [1.29, 1.82) is 0 Å². The van der Waals surface area contributed by atoms with Gasteiger partial charge in [0.1, 0.15) is 17.2 Å². The van der Waals surface area contributed by atoms with E-state index in [1.54, 1.807) is 30.3 Å². The summed E-state index contributed by atoms with van der Waals surface area (Å²) in [6.45, 7) is 3.42. The van der Waals surface area contributed by atoms with E-state index in [4.69, 9.17) is 4.74 Å². The van der Waals surface area contributed by atoms with Gasteiger partial charge >= 0.3 is 0 Å².